The summed E-state index contributed by atoms with van der Waals surface area (Å²) in [4.78, 5) is 26.2. The molecule has 0 saturated carbocycles. The molecule has 1 saturated heterocycles. The molecular formula is C19H29N3O2. The van der Waals surface area contributed by atoms with Gasteiger partial charge in [-0.05, 0) is 64.8 Å². The monoisotopic (exact) mass is 331 g/mol. The second-order valence-electron chi connectivity index (χ2n) is 7.59. The molecule has 2 N–H and O–H groups in total. The van der Waals surface area contributed by atoms with Crippen molar-refractivity contribution in [3.05, 3.63) is 35.9 Å². The molecule has 0 aromatic heterocycles. The third kappa shape index (κ3) is 6.32. The average molecular weight is 331 g/mol. The predicted octanol–water partition coefficient (Wildman–Crippen LogP) is 2.04. The molecule has 1 heterocycles. The quantitative estimate of drug-likeness (QED) is 0.868. The smallest absolute Gasteiger partial charge is 0.251 e. The lowest BCUT2D eigenvalue weighted by Gasteiger charge is -2.32. The van der Waals surface area contributed by atoms with Gasteiger partial charge in [-0.15, -0.1) is 0 Å². The van der Waals surface area contributed by atoms with Crippen LogP contribution in [0.5, 0.6) is 0 Å². The van der Waals surface area contributed by atoms with Gasteiger partial charge in [-0.2, -0.15) is 0 Å². The van der Waals surface area contributed by atoms with Crippen LogP contribution in [-0.4, -0.2) is 48.4 Å². The van der Waals surface area contributed by atoms with Crippen LogP contribution in [0.15, 0.2) is 30.3 Å². The molecule has 0 spiro atoms. The van der Waals surface area contributed by atoms with Crippen LogP contribution in [-0.2, 0) is 4.79 Å². The fourth-order valence-corrected chi connectivity index (χ4v) is 2.94. The lowest BCUT2D eigenvalue weighted by atomic mass is 9.96. The Morgan fingerprint density at radius 1 is 1.12 bits per heavy atom. The molecule has 0 aliphatic carbocycles. The summed E-state index contributed by atoms with van der Waals surface area (Å²) in [5, 5.41) is 6.02. The number of likely N-dealkylation sites (tertiary alicyclic amines) is 1. The molecule has 2 rings (SSSR count). The van der Waals surface area contributed by atoms with E-state index in [9.17, 15) is 9.59 Å². The first-order valence-electron chi connectivity index (χ1n) is 8.70. The van der Waals surface area contributed by atoms with Crippen LogP contribution < -0.4 is 10.6 Å². The van der Waals surface area contributed by atoms with Gasteiger partial charge < -0.3 is 10.6 Å². The van der Waals surface area contributed by atoms with Crippen molar-refractivity contribution < 1.29 is 9.59 Å². The lowest BCUT2D eigenvalue weighted by Crippen LogP contribution is -2.48. The van der Waals surface area contributed by atoms with Gasteiger partial charge in [0.15, 0.2) is 0 Å². The minimum Gasteiger partial charge on any atom is -0.352 e. The minimum atomic E-state index is -0.183. The summed E-state index contributed by atoms with van der Waals surface area (Å²) >= 11 is 0. The highest BCUT2D eigenvalue weighted by Crippen LogP contribution is 2.16. The number of rotatable bonds is 5. The number of piperidine rings is 1. The van der Waals surface area contributed by atoms with Gasteiger partial charge >= 0.3 is 0 Å². The van der Waals surface area contributed by atoms with Gasteiger partial charge in [-0.3, -0.25) is 14.5 Å². The fraction of sp³-hybridized carbons (Fsp3) is 0.579. The molecule has 1 aromatic rings. The Bertz CT molecular complexity index is 543. The highest BCUT2D eigenvalue weighted by Gasteiger charge is 2.22. The Morgan fingerprint density at radius 3 is 2.33 bits per heavy atom. The molecule has 24 heavy (non-hydrogen) atoms. The number of hydrogen-bond donors (Lipinski definition) is 2. The Morgan fingerprint density at radius 2 is 1.75 bits per heavy atom. The number of nitrogens with zero attached hydrogens (tertiary/aromatic N) is 1. The number of carbonyl (C=O) groups excluding carboxylic acids is 2. The maximum atomic E-state index is 12.1. The number of nitrogens with one attached hydrogen (secondary N) is 2. The topological polar surface area (TPSA) is 61.4 Å². The van der Waals surface area contributed by atoms with Gasteiger partial charge in [0.05, 0.1) is 6.54 Å². The van der Waals surface area contributed by atoms with Crippen LogP contribution in [0.4, 0.5) is 0 Å². The number of carbonyl (C=O) groups is 2. The zero-order valence-corrected chi connectivity index (χ0v) is 15.0. The van der Waals surface area contributed by atoms with Crippen LogP contribution in [0.1, 0.15) is 44.0 Å². The van der Waals surface area contributed by atoms with E-state index in [0.717, 1.165) is 25.9 Å². The van der Waals surface area contributed by atoms with E-state index < -0.39 is 0 Å². The van der Waals surface area contributed by atoms with Gasteiger partial charge in [0.25, 0.3) is 5.91 Å². The molecule has 5 heteroatoms. The van der Waals surface area contributed by atoms with E-state index in [1.54, 1.807) is 0 Å². The summed E-state index contributed by atoms with van der Waals surface area (Å²) in [5.41, 5.74) is 0.519. The van der Waals surface area contributed by atoms with E-state index >= 15 is 0 Å². The molecular weight excluding hydrogens is 302 g/mol. The summed E-state index contributed by atoms with van der Waals surface area (Å²) in [7, 11) is 0. The molecule has 1 aliphatic heterocycles. The highest BCUT2D eigenvalue weighted by molar-refractivity contribution is 5.94. The van der Waals surface area contributed by atoms with Crippen molar-refractivity contribution in [1.82, 2.24) is 15.5 Å². The molecule has 0 radical (unpaired) electrons. The van der Waals surface area contributed by atoms with E-state index in [4.69, 9.17) is 0 Å². The summed E-state index contributed by atoms with van der Waals surface area (Å²) in [6.45, 7) is 8.95. The summed E-state index contributed by atoms with van der Waals surface area (Å²) in [6, 6.07) is 9.30. The average Bonchev–Trinajstić information content (AvgIpc) is 2.53. The summed E-state index contributed by atoms with van der Waals surface area (Å²) in [6.07, 6.45) is 2.02. The van der Waals surface area contributed by atoms with Gasteiger partial charge in [-0.1, -0.05) is 18.2 Å². The van der Waals surface area contributed by atoms with Gasteiger partial charge in [0.2, 0.25) is 5.91 Å². The minimum absolute atomic E-state index is 0.0115. The van der Waals surface area contributed by atoms with Crippen molar-refractivity contribution in [3.8, 4) is 0 Å². The van der Waals surface area contributed by atoms with Crippen LogP contribution in [0.25, 0.3) is 0 Å². The predicted molar refractivity (Wildman–Crippen MR) is 95.8 cm³/mol. The van der Waals surface area contributed by atoms with E-state index in [1.807, 2.05) is 51.1 Å². The second-order valence-corrected chi connectivity index (χ2v) is 7.59. The van der Waals surface area contributed by atoms with Crippen molar-refractivity contribution in [1.29, 1.82) is 0 Å². The zero-order valence-electron chi connectivity index (χ0n) is 15.0. The maximum Gasteiger partial charge on any atom is 0.251 e. The summed E-state index contributed by atoms with van der Waals surface area (Å²) < 4.78 is 0. The maximum absolute atomic E-state index is 12.1. The summed E-state index contributed by atoms with van der Waals surface area (Å²) in [5.74, 6) is 0.556. The van der Waals surface area contributed by atoms with Crippen molar-refractivity contribution in [2.75, 3.05) is 26.2 Å². The van der Waals surface area contributed by atoms with E-state index in [0.29, 0.717) is 24.6 Å². The molecule has 2 amide bonds. The van der Waals surface area contributed by atoms with Gasteiger partial charge in [0, 0.05) is 17.6 Å². The lowest BCUT2D eigenvalue weighted by molar-refractivity contribution is -0.124. The Balaban J connectivity index is 1.68. The standard InChI is InChI=1S/C19H29N3O2/c1-19(2,3)21-17(23)14-22-11-9-15(10-12-22)13-20-18(24)16-7-5-4-6-8-16/h4-8,15H,9-14H2,1-3H3,(H,20,24)(H,21,23). The molecule has 1 fully saturated rings. The molecule has 0 bridgehead atoms. The van der Waals surface area contributed by atoms with Crippen LogP contribution in [0, 0.1) is 5.92 Å². The molecule has 5 nitrogen and oxygen atoms in total. The molecule has 1 aromatic carbocycles. The van der Waals surface area contributed by atoms with E-state index in [2.05, 4.69) is 15.5 Å². The largest absolute Gasteiger partial charge is 0.352 e. The Kier molecular flexibility index (Phi) is 6.37. The fourth-order valence-electron chi connectivity index (χ4n) is 2.94. The Labute approximate surface area is 144 Å². The first kappa shape index (κ1) is 18.5. The van der Waals surface area contributed by atoms with Crippen molar-refractivity contribution in [2.24, 2.45) is 5.92 Å². The molecule has 1 aliphatic rings. The van der Waals surface area contributed by atoms with E-state index in [1.165, 1.54) is 0 Å². The first-order chi connectivity index (χ1) is 11.3. The third-order valence-corrected chi connectivity index (χ3v) is 4.18. The van der Waals surface area contributed by atoms with Crippen LogP contribution >= 0.6 is 0 Å². The third-order valence-electron chi connectivity index (χ3n) is 4.18. The molecule has 0 atom stereocenters. The van der Waals surface area contributed by atoms with Gasteiger partial charge in [-0.25, -0.2) is 0 Å². The Hall–Kier alpha value is -1.88. The van der Waals surface area contributed by atoms with Crippen molar-refractivity contribution in [2.45, 2.75) is 39.2 Å². The van der Waals surface area contributed by atoms with Gasteiger partial charge in [0.1, 0.15) is 0 Å². The van der Waals surface area contributed by atoms with E-state index in [-0.39, 0.29) is 17.4 Å². The number of hydrogen-bond acceptors (Lipinski definition) is 3. The van der Waals surface area contributed by atoms with Crippen LogP contribution in [0.3, 0.4) is 0 Å². The van der Waals surface area contributed by atoms with Crippen molar-refractivity contribution >= 4 is 11.8 Å². The first-order valence-corrected chi connectivity index (χ1v) is 8.70. The SMILES string of the molecule is CC(C)(C)NC(=O)CN1CCC(CNC(=O)c2ccccc2)CC1. The second kappa shape index (κ2) is 8.29. The van der Waals surface area contributed by atoms with Crippen LogP contribution in [0.2, 0.25) is 0 Å². The zero-order chi connectivity index (χ0) is 17.6. The number of benzene rings is 1. The normalized spacial score (nSPS) is 16.6. The molecule has 0 unspecified atom stereocenters. The number of amides is 2. The molecule has 132 valence electrons. The highest BCUT2D eigenvalue weighted by atomic mass is 16.2. The van der Waals surface area contributed by atoms with Crippen molar-refractivity contribution in [3.63, 3.8) is 0 Å².